The second-order valence-electron chi connectivity index (χ2n) is 6.66. The summed E-state index contributed by atoms with van der Waals surface area (Å²) < 4.78 is 6.54. The van der Waals surface area contributed by atoms with E-state index in [9.17, 15) is 10.1 Å². The maximum Gasteiger partial charge on any atom is 0.266 e. The van der Waals surface area contributed by atoms with Crippen LogP contribution in [-0.4, -0.2) is 5.91 Å². The maximum absolute atomic E-state index is 12.6. The number of amides is 1. The molecule has 0 fully saturated rings. The summed E-state index contributed by atoms with van der Waals surface area (Å²) in [4.78, 5) is 12.6. The molecule has 0 spiro atoms. The van der Waals surface area contributed by atoms with Crippen molar-refractivity contribution in [1.29, 1.82) is 5.26 Å². The molecule has 7 heteroatoms. The second-order valence-corrected chi connectivity index (χ2v) is 8.36. The van der Waals surface area contributed by atoms with Gasteiger partial charge < -0.3 is 10.1 Å². The van der Waals surface area contributed by atoms with Gasteiger partial charge in [0.15, 0.2) is 0 Å². The van der Waals surface area contributed by atoms with Crippen molar-refractivity contribution in [2.24, 2.45) is 0 Å². The number of hydrogen-bond acceptors (Lipinski definition) is 3. The fourth-order valence-electron chi connectivity index (χ4n) is 2.75. The van der Waals surface area contributed by atoms with Crippen LogP contribution in [0.25, 0.3) is 6.08 Å². The van der Waals surface area contributed by atoms with Crippen molar-refractivity contribution in [3.05, 3.63) is 97.4 Å². The average Bonchev–Trinajstić information content (AvgIpc) is 2.75. The molecule has 0 atom stereocenters. The summed E-state index contributed by atoms with van der Waals surface area (Å²) in [5.41, 5.74) is 2.92. The van der Waals surface area contributed by atoms with E-state index >= 15 is 0 Å². The van der Waals surface area contributed by atoms with Gasteiger partial charge in [0.1, 0.15) is 24.0 Å². The Hall–Kier alpha value is -2.78. The predicted octanol–water partition coefficient (Wildman–Crippen LogP) is 7.19. The number of ether oxygens (including phenoxy) is 1. The van der Waals surface area contributed by atoms with E-state index < -0.39 is 5.91 Å². The molecule has 3 aromatic carbocycles. The predicted molar refractivity (Wildman–Crippen MR) is 128 cm³/mol. The number of nitriles is 1. The van der Waals surface area contributed by atoms with Crippen LogP contribution in [0.3, 0.4) is 0 Å². The number of carbonyl (C=O) groups is 1. The zero-order chi connectivity index (χ0) is 22.4. The number of nitrogens with zero attached hydrogens (tertiary/aromatic N) is 1. The topological polar surface area (TPSA) is 62.1 Å². The summed E-state index contributed by atoms with van der Waals surface area (Å²) in [5.74, 6) is 0.111. The third kappa shape index (κ3) is 6.11. The third-order valence-electron chi connectivity index (χ3n) is 4.40. The number of aryl methyl sites for hydroxylation is 1. The molecular weight excluding hydrogens is 499 g/mol. The highest BCUT2D eigenvalue weighted by Gasteiger charge is 2.13. The molecule has 156 valence electrons. The Morgan fingerprint density at radius 2 is 1.90 bits per heavy atom. The fraction of sp³-hybridized carbons (Fsp3) is 0.0833. The number of rotatable bonds is 6. The molecule has 0 aromatic heterocycles. The van der Waals surface area contributed by atoms with Gasteiger partial charge in [-0.3, -0.25) is 4.79 Å². The quantitative estimate of drug-likeness (QED) is 0.279. The first kappa shape index (κ1) is 22.9. The SMILES string of the molecule is Cc1cccc(Cl)c1NC(=O)/C(C#N)=C/c1ccc(OCc2ccc(Cl)cc2)c(Br)c1. The normalized spacial score (nSPS) is 11.0. The van der Waals surface area contributed by atoms with Crippen molar-refractivity contribution in [3.8, 4) is 11.8 Å². The fourth-order valence-corrected chi connectivity index (χ4v) is 3.66. The van der Waals surface area contributed by atoms with Crippen molar-refractivity contribution in [1.82, 2.24) is 0 Å². The monoisotopic (exact) mass is 514 g/mol. The van der Waals surface area contributed by atoms with Crippen molar-refractivity contribution in [3.63, 3.8) is 0 Å². The van der Waals surface area contributed by atoms with Crippen LogP contribution >= 0.6 is 39.1 Å². The van der Waals surface area contributed by atoms with Crippen LogP contribution in [0.15, 0.2) is 70.7 Å². The van der Waals surface area contributed by atoms with Crippen molar-refractivity contribution in [2.45, 2.75) is 13.5 Å². The Kier molecular flexibility index (Phi) is 7.75. The lowest BCUT2D eigenvalue weighted by atomic mass is 10.1. The lowest BCUT2D eigenvalue weighted by Crippen LogP contribution is -2.14. The summed E-state index contributed by atoms with van der Waals surface area (Å²) >= 11 is 15.5. The molecule has 0 radical (unpaired) electrons. The second kappa shape index (κ2) is 10.5. The molecule has 1 amide bonds. The minimum atomic E-state index is -0.530. The van der Waals surface area contributed by atoms with Crippen LogP contribution in [0.1, 0.15) is 16.7 Å². The molecule has 3 rings (SSSR count). The largest absolute Gasteiger partial charge is 0.488 e. The summed E-state index contributed by atoms with van der Waals surface area (Å²) in [6, 6.07) is 20.0. The third-order valence-corrected chi connectivity index (χ3v) is 5.59. The van der Waals surface area contributed by atoms with Crippen LogP contribution in [0.5, 0.6) is 5.75 Å². The molecule has 0 aliphatic heterocycles. The number of anilines is 1. The van der Waals surface area contributed by atoms with Crippen molar-refractivity contribution >= 4 is 56.8 Å². The van der Waals surface area contributed by atoms with Crippen molar-refractivity contribution in [2.75, 3.05) is 5.32 Å². The van der Waals surface area contributed by atoms with E-state index in [2.05, 4.69) is 21.2 Å². The van der Waals surface area contributed by atoms with Gasteiger partial charge in [-0.05, 0) is 76.0 Å². The molecule has 4 nitrogen and oxygen atoms in total. The summed E-state index contributed by atoms with van der Waals surface area (Å²) in [7, 11) is 0. The lowest BCUT2D eigenvalue weighted by Gasteiger charge is -2.10. The zero-order valence-electron chi connectivity index (χ0n) is 16.5. The molecule has 0 heterocycles. The van der Waals surface area contributed by atoms with E-state index in [-0.39, 0.29) is 5.57 Å². The maximum atomic E-state index is 12.6. The first-order valence-electron chi connectivity index (χ1n) is 9.22. The van der Waals surface area contributed by atoms with Gasteiger partial charge in [-0.2, -0.15) is 5.26 Å². The standard InChI is InChI=1S/C24H17BrCl2N2O2/c1-15-3-2-4-21(27)23(15)29-24(30)18(13-28)11-17-7-10-22(20(25)12-17)31-14-16-5-8-19(26)9-6-16/h2-12H,14H2,1H3,(H,29,30)/b18-11+. The molecule has 3 aromatic rings. The van der Waals surface area contributed by atoms with E-state index in [0.717, 1.165) is 11.1 Å². The molecule has 0 bridgehead atoms. The Labute approximate surface area is 199 Å². The van der Waals surface area contributed by atoms with Gasteiger partial charge in [0, 0.05) is 5.02 Å². The van der Waals surface area contributed by atoms with E-state index in [1.807, 2.05) is 43.3 Å². The molecule has 0 aliphatic rings. The zero-order valence-corrected chi connectivity index (χ0v) is 19.6. The molecular formula is C24H17BrCl2N2O2. The minimum absolute atomic E-state index is 0.0407. The molecule has 0 saturated carbocycles. The first-order chi connectivity index (χ1) is 14.9. The van der Waals surface area contributed by atoms with E-state index in [4.69, 9.17) is 27.9 Å². The number of carbonyl (C=O) groups excluding carboxylic acids is 1. The highest BCUT2D eigenvalue weighted by molar-refractivity contribution is 9.10. The highest BCUT2D eigenvalue weighted by atomic mass is 79.9. The van der Waals surface area contributed by atoms with Crippen molar-refractivity contribution < 1.29 is 9.53 Å². The molecule has 1 N–H and O–H groups in total. The van der Waals surface area contributed by atoms with Crippen LogP contribution in [0.2, 0.25) is 10.0 Å². The average molecular weight is 516 g/mol. The van der Waals surface area contributed by atoms with Gasteiger partial charge in [-0.25, -0.2) is 0 Å². The summed E-state index contributed by atoms with van der Waals surface area (Å²) in [6.07, 6.45) is 1.51. The van der Waals surface area contributed by atoms with Gasteiger partial charge in [-0.15, -0.1) is 0 Å². The number of halogens is 3. The Balaban J connectivity index is 1.73. The highest BCUT2D eigenvalue weighted by Crippen LogP contribution is 2.29. The van der Waals surface area contributed by atoms with Gasteiger partial charge >= 0.3 is 0 Å². The Morgan fingerprint density at radius 3 is 2.55 bits per heavy atom. The molecule has 31 heavy (non-hydrogen) atoms. The van der Waals surface area contributed by atoms with Crippen LogP contribution in [0.4, 0.5) is 5.69 Å². The molecule has 0 saturated heterocycles. The van der Waals surface area contributed by atoms with Gasteiger partial charge in [-0.1, -0.05) is 53.5 Å². The first-order valence-corrected chi connectivity index (χ1v) is 10.8. The smallest absolute Gasteiger partial charge is 0.266 e. The number of hydrogen-bond donors (Lipinski definition) is 1. The Bertz CT molecular complexity index is 1160. The number of nitrogens with one attached hydrogen (secondary N) is 1. The summed E-state index contributed by atoms with van der Waals surface area (Å²) in [6.45, 7) is 2.21. The van der Waals surface area contributed by atoms with Crippen LogP contribution < -0.4 is 10.1 Å². The van der Waals surface area contributed by atoms with Crippen LogP contribution in [0, 0.1) is 18.3 Å². The minimum Gasteiger partial charge on any atom is -0.488 e. The number of para-hydroxylation sites is 1. The lowest BCUT2D eigenvalue weighted by molar-refractivity contribution is -0.112. The van der Waals surface area contributed by atoms with Gasteiger partial charge in [0.2, 0.25) is 0 Å². The molecule has 0 aliphatic carbocycles. The van der Waals surface area contributed by atoms with E-state index in [1.165, 1.54) is 6.08 Å². The molecule has 0 unspecified atom stereocenters. The number of benzene rings is 3. The van der Waals surface area contributed by atoms with E-state index in [1.54, 1.807) is 30.3 Å². The Morgan fingerprint density at radius 1 is 1.16 bits per heavy atom. The van der Waals surface area contributed by atoms with Crippen LogP contribution in [-0.2, 0) is 11.4 Å². The summed E-state index contributed by atoms with van der Waals surface area (Å²) in [5, 5.41) is 13.3. The van der Waals surface area contributed by atoms with Gasteiger partial charge in [0.25, 0.3) is 5.91 Å². The van der Waals surface area contributed by atoms with Gasteiger partial charge in [0.05, 0.1) is 15.2 Å². The van der Waals surface area contributed by atoms with E-state index in [0.29, 0.717) is 38.1 Å².